The van der Waals surface area contributed by atoms with Crippen molar-refractivity contribution in [1.29, 1.82) is 0 Å². The van der Waals surface area contributed by atoms with Gasteiger partial charge in [-0.05, 0) is 43.0 Å². The minimum atomic E-state index is 0.328. The second kappa shape index (κ2) is 8.18. The summed E-state index contributed by atoms with van der Waals surface area (Å²) in [6.45, 7) is 7.03. The zero-order valence-corrected chi connectivity index (χ0v) is 14.0. The Labute approximate surface area is 133 Å². The average Bonchev–Trinajstić information content (AvgIpc) is 2.84. The zero-order valence-electron chi connectivity index (χ0n) is 14.0. The summed E-state index contributed by atoms with van der Waals surface area (Å²) in [5.41, 5.74) is 1.25. The lowest BCUT2D eigenvalue weighted by Crippen LogP contribution is -2.37. The zero-order chi connectivity index (χ0) is 15.9. The van der Waals surface area contributed by atoms with Gasteiger partial charge < -0.3 is 15.0 Å². The van der Waals surface area contributed by atoms with Gasteiger partial charge in [0.1, 0.15) is 5.75 Å². The molecule has 4 heteroatoms. The number of nitrogens with zero attached hydrogens (tertiary/aromatic N) is 1. The third-order valence-corrected chi connectivity index (χ3v) is 4.16. The maximum atomic E-state index is 11.9. The minimum Gasteiger partial charge on any atom is -0.497 e. The number of rotatable bonds is 8. The minimum absolute atomic E-state index is 0.328. The second-order valence-electron chi connectivity index (χ2n) is 6.45. The average molecular weight is 304 g/mol. The predicted molar refractivity (Wildman–Crippen MR) is 88.9 cm³/mol. The third-order valence-electron chi connectivity index (χ3n) is 4.16. The second-order valence-corrected chi connectivity index (χ2v) is 6.45. The van der Waals surface area contributed by atoms with E-state index in [-0.39, 0.29) is 0 Å². The number of hydrogen-bond acceptors (Lipinski definition) is 3. The van der Waals surface area contributed by atoms with Gasteiger partial charge in [0.25, 0.3) is 0 Å². The van der Waals surface area contributed by atoms with Gasteiger partial charge in [-0.3, -0.25) is 4.79 Å². The molecule has 1 aliphatic heterocycles. The van der Waals surface area contributed by atoms with Crippen molar-refractivity contribution < 1.29 is 9.53 Å². The highest BCUT2D eigenvalue weighted by Gasteiger charge is 2.30. The van der Waals surface area contributed by atoms with Gasteiger partial charge in [-0.15, -0.1) is 0 Å². The number of carbonyl (C=O) groups is 1. The Morgan fingerprint density at radius 3 is 2.68 bits per heavy atom. The Bertz CT molecular complexity index is 470. The molecule has 0 bridgehead atoms. The Kier molecular flexibility index (Phi) is 6.25. The van der Waals surface area contributed by atoms with Gasteiger partial charge in [0.2, 0.25) is 5.91 Å². The summed E-state index contributed by atoms with van der Waals surface area (Å²) in [6.07, 6.45) is 2.76. The molecular weight excluding hydrogens is 276 g/mol. The van der Waals surface area contributed by atoms with E-state index < -0.39 is 0 Å². The highest BCUT2D eigenvalue weighted by atomic mass is 16.5. The molecule has 1 saturated heterocycles. The van der Waals surface area contributed by atoms with Crippen molar-refractivity contribution in [3.8, 4) is 5.75 Å². The van der Waals surface area contributed by atoms with Crippen LogP contribution in [0.15, 0.2) is 24.3 Å². The molecule has 1 fully saturated rings. The van der Waals surface area contributed by atoms with Gasteiger partial charge in [-0.1, -0.05) is 26.0 Å². The quantitative estimate of drug-likeness (QED) is 0.751. The van der Waals surface area contributed by atoms with Crippen molar-refractivity contribution in [3.63, 3.8) is 0 Å². The summed E-state index contributed by atoms with van der Waals surface area (Å²) in [7, 11) is 1.68. The van der Waals surface area contributed by atoms with Crippen LogP contribution in [0.3, 0.4) is 0 Å². The normalized spacial score (nSPS) is 18.3. The highest BCUT2D eigenvalue weighted by molar-refractivity contribution is 5.78. The number of methoxy groups -OCH3 is 1. The van der Waals surface area contributed by atoms with Gasteiger partial charge in [0.15, 0.2) is 0 Å². The standard InChI is InChI=1S/C18H28N2O2/c1-14(2)13-20-16(6-9-18(20)21)10-11-19-12-15-4-7-17(22-3)8-5-15/h4-5,7-8,14,16,19H,6,9-13H2,1-3H3. The fraction of sp³-hybridized carbons (Fsp3) is 0.611. The Morgan fingerprint density at radius 2 is 2.05 bits per heavy atom. The van der Waals surface area contributed by atoms with E-state index in [0.717, 1.165) is 44.6 Å². The van der Waals surface area contributed by atoms with Gasteiger partial charge in [0.05, 0.1) is 7.11 Å². The molecule has 1 aromatic rings. The molecule has 4 nitrogen and oxygen atoms in total. The van der Waals surface area contributed by atoms with Gasteiger partial charge in [-0.2, -0.15) is 0 Å². The summed E-state index contributed by atoms with van der Waals surface area (Å²) < 4.78 is 5.16. The summed E-state index contributed by atoms with van der Waals surface area (Å²) >= 11 is 0. The van der Waals surface area contributed by atoms with E-state index in [1.165, 1.54) is 5.56 Å². The number of likely N-dealkylation sites (tertiary alicyclic amines) is 1. The van der Waals surface area contributed by atoms with Crippen LogP contribution in [0, 0.1) is 5.92 Å². The van der Waals surface area contributed by atoms with Gasteiger partial charge >= 0.3 is 0 Å². The smallest absolute Gasteiger partial charge is 0.222 e. The van der Waals surface area contributed by atoms with Crippen LogP contribution in [0.4, 0.5) is 0 Å². The van der Waals surface area contributed by atoms with Crippen molar-refractivity contribution >= 4 is 5.91 Å². The maximum absolute atomic E-state index is 11.9. The van der Waals surface area contributed by atoms with E-state index in [1.54, 1.807) is 7.11 Å². The van der Waals surface area contributed by atoms with E-state index in [0.29, 0.717) is 17.9 Å². The van der Waals surface area contributed by atoms with Crippen molar-refractivity contribution in [2.24, 2.45) is 5.92 Å². The number of benzene rings is 1. The molecule has 1 N–H and O–H groups in total. The largest absolute Gasteiger partial charge is 0.497 e. The SMILES string of the molecule is COc1ccc(CNCCC2CCC(=O)N2CC(C)C)cc1. The molecule has 2 rings (SSSR count). The maximum Gasteiger partial charge on any atom is 0.222 e. The number of carbonyl (C=O) groups excluding carboxylic acids is 1. The Balaban J connectivity index is 1.72. The van der Waals surface area contributed by atoms with Crippen molar-refractivity contribution in [3.05, 3.63) is 29.8 Å². The van der Waals surface area contributed by atoms with Crippen LogP contribution >= 0.6 is 0 Å². The summed E-state index contributed by atoms with van der Waals surface area (Å²) in [6, 6.07) is 8.54. The monoisotopic (exact) mass is 304 g/mol. The molecule has 1 aliphatic rings. The van der Waals surface area contributed by atoms with E-state index >= 15 is 0 Å². The molecule has 1 heterocycles. The number of ether oxygens (including phenoxy) is 1. The number of amides is 1. The van der Waals surface area contributed by atoms with Crippen LogP contribution in [-0.2, 0) is 11.3 Å². The highest BCUT2D eigenvalue weighted by Crippen LogP contribution is 2.22. The van der Waals surface area contributed by atoms with E-state index in [9.17, 15) is 4.79 Å². The molecule has 22 heavy (non-hydrogen) atoms. The van der Waals surface area contributed by atoms with Crippen LogP contribution < -0.4 is 10.1 Å². The first-order valence-corrected chi connectivity index (χ1v) is 8.23. The van der Waals surface area contributed by atoms with E-state index in [1.807, 2.05) is 12.1 Å². The van der Waals surface area contributed by atoms with Crippen LogP contribution in [0.5, 0.6) is 5.75 Å². The molecule has 1 aromatic carbocycles. The molecule has 0 radical (unpaired) electrons. The first-order chi connectivity index (χ1) is 10.6. The predicted octanol–water partition coefficient (Wildman–Crippen LogP) is 2.82. The first kappa shape index (κ1) is 16.8. The molecule has 0 aromatic heterocycles. The molecular formula is C18H28N2O2. The van der Waals surface area contributed by atoms with Crippen molar-refractivity contribution in [1.82, 2.24) is 10.2 Å². The lowest BCUT2D eigenvalue weighted by atomic mass is 10.1. The Morgan fingerprint density at radius 1 is 1.32 bits per heavy atom. The number of nitrogens with one attached hydrogen (secondary N) is 1. The van der Waals surface area contributed by atoms with Crippen molar-refractivity contribution in [2.75, 3.05) is 20.2 Å². The molecule has 122 valence electrons. The summed E-state index contributed by atoms with van der Waals surface area (Å²) in [5, 5.41) is 3.48. The van der Waals surface area contributed by atoms with Crippen LogP contribution in [0.1, 0.15) is 38.7 Å². The molecule has 0 saturated carbocycles. The molecule has 0 aliphatic carbocycles. The van der Waals surface area contributed by atoms with E-state index in [4.69, 9.17) is 4.74 Å². The van der Waals surface area contributed by atoms with Gasteiger partial charge in [-0.25, -0.2) is 0 Å². The lowest BCUT2D eigenvalue weighted by molar-refractivity contribution is -0.129. The lowest BCUT2D eigenvalue weighted by Gasteiger charge is -2.26. The van der Waals surface area contributed by atoms with Crippen LogP contribution in [0.2, 0.25) is 0 Å². The third kappa shape index (κ3) is 4.73. The molecule has 1 amide bonds. The first-order valence-electron chi connectivity index (χ1n) is 8.23. The topological polar surface area (TPSA) is 41.6 Å². The van der Waals surface area contributed by atoms with E-state index in [2.05, 4.69) is 36.2 Å². The number of hydrogen-bond donors (Lipinski definition) is 1. The molecule has 1 unspecified atom stereocenters. The van der Waals surface area contributed by atoms with Crippen LogP contribution in [0.25, 0.3) is 0 Å². The summed E-state index contributed by atoms with van der Waals surface area (Å²) in [4.78, 5) is 14.0. The fourth-order valence-corrected chi connectivity index (χ4v) is 2.98. The van der Waals surface area contributed by atoms with Crippen molar-refractivity contribution in [2.45, 2.75) is 45.7 Å². The summed E-state index contributed by atoms with van der Waals surface area (Å²) in [5.74, 6) is 1.75. The fourth-order valence-electron chi connectivity index (χ4n) is 2.98. The molecule has 1 atom stereocenters. The molecule has 0 spiro atoms. The Hall–Kier alpha value is -1.55. The van der Waals surface area contributed by atoms with Gasteiger partial charge in [0, 0.05) is 25.6 Å². The van der Waals surface area contributed by atoms with Crippen LogP contribution in [-0.4, -0.2) is 37.0 Å².